The molecule has 2 aromatic carbocycles. The van der Waals surface area contributed by atoms with E-state index < -0.39 is 4.92 Å². The van der Waals surface area contributed by atoms with Gasteiger partial charge in [0.25, 0.3) is 5.69 Å². The van der Waals surface area contributed by atoms with Crippen LogP contribution in [0.2, 0.25) is 0 Å². The van der Waals surface area contributed by atoms with Gasteiger partial charge in [0.2, 0.25) is 0 Å². The molecule has 5 nitrogen and oxygen atoms in total. The molecule has 0 aliphatic carbocycles. The second-order valence-electron chi connectivity index (χ2n) is 5.50. The highest BCUT2D eigenvalue weighted by atomic mass is 19.1. The van der Waals surface area contributed by atoms with Crippen LogP contribution in [0.15, 0.2) is 48.5 Å². The minimum Gasteiger partial charge on any atom is -0.362 e. The lowest BCUT2D eigenvalue weighted by atomic mass is 9.99. The molecule has 0 fully saturated rings. The lowest BCUT2D eigenvalue weighted by Crippen LogP contribution is -2.28. The molecule has 1 aliphatic heterocycles. The second-order valence-corrected chi connectivity index (χ2v) is 5.50. The normalized spacial score (nSPS) is 14.0. The van der Waals surface area contributed by atoms with E-state index in [4.69, 9.17) is 5.26 Å². The van der Waals surface area contributed by atoms with Gasteiger partial charge < -0.3 is 4.90 Å². The Bertz CT molecular complexity index is 854. The van der Waals surface area contributed by atoms with Crippen LogP contribution in [-0.2, 0) is 0 Å². The van der Waals surface area contributed by atoms with Crippen LogP contribution in [0.1, 0.15) is 17.5 Å². The largest absolute Gasteiger partial charge is 0.362 e. The molecule has 2 aromatic rings. The summed E-state index contributed by atoms with van der Waals surface area (Å²) in [4.78, 5) is 12.7. The standard InChI is InChI=1S/C18H14FN3O2/c19-16-4-2-14(3-5-16)15-7-9-21(10-8-15)18-11-13(12-20)1-6-17(18)22(23)24/h1-7,11H,8-10H2. The first kappa shape index (κ1) is 15.7. The molecule has 0 saturated heterocycles. The lowest BCUT2D eigenvalue weighted by Gasteiger charge is -2.28. The zero-order valence-corrected chi connectivity index (χ0v) is 12.8. The summed E-state index contributed by atoms with van der Waals surface area (Å²) in [5.74, 6) is -0.277. The van der Waals surface area contributed by atoms with Crippen LogP contribution in [0, 0.1) is 27.3 Å². The van der Waals surface area contributed by atoms with Gasteiger partial charge in [0.1, 0.15) is 11.5 Å². The molecule has 0 N–H and O–H groups in total. The molecule has 24 heavy (non-hydrogen) atoms. The van der Waals surface area contributed by atoms with E-state index in [1.165, 1.54) is 24.3 Å². The predicted octanol–water partition coefficient (Wildman–Crippen LogP) is 3.90. The average Bonchev–Trinajstić information content (AvgIpc) is 2.62. The molecule has 0 atom stereocenters. The molecule has 6 heteroatoms. The van der Waals surface area contributed by atoms with Crippen LogP contribution in [0.4, 0.5) is 15.8 Å². The number of rotatable bonds is 3. The summed E-state index contributed by atoms with van der Waals surface area (Å²) >= 11 is 0. The van der Waals surface area contributed by atoms with Gasteiger partial charge >= 0.3 is 0 Å². The summed E-state index contributed by atoms with van der Waals surface area (Å²) in [6.45, 7) is 1.10. The smallest absolute Gasteiger partial charge is 0.292 e. The van der Waals surface area contributed by atoms with Crippen molar-refractivity contribution < 1.29 is 9.31 Å². The monoisotopic (exact) mass is 323 g/mol. The third-order valence-corrected chi connectivity index (χ3v) is 4.07. The van der Waals surface area contributed by atoms with Crippen molar-refractivity contribution in [2.24, 2.45) is 0 Å². The highest BCUT2D eigenvalue weighted by molar-refractivity contribution is 5.72. The lowest BCUT2D eigenvalue weighted by molar-refractivity contribution is -0.384. The Morgan fingerprint density at radius 2 is 1.96 bits per heavy atom. The van der Waals surface area contributed by atoms with E-state index in [0.717, 1.165) is 11.1 Å². The van der Waals surface area contributed by atoms with Crippen LogP contribution in [0.5, 0.6) is 0 Å². The molecular formula is C18H14FN3O2. The number of nitro groups is 1. The fourth-order valence-corrected chi connectivity index (χ4v) is 2.81. The second kappa shape index (κ2) is 6.50. The number of nitro benzene ring substituents is 1. The fourth-order valence-electron chi connectivity index (χ4n) is 2.81. The first-order valence-corrected chi connectivity index (χ1v) is 7.47. The van der Waals surface area contributed by atoms with Gasteiger partial charge in [0.15, 0.2) is 0 Å². The first-order chi connectivity index (χ1) is 11.6. The Morgan fingerprint density at radius 3 is 2.54 bits per heavy atom. The van der Waals surface area contributed by atoms with Crippen LogP contribution in [-0.4, -0.2) is 18.0 Å². The molecule has 3 rings (SSSR count). The van der Waals surface area contributed by atoms with E-state index in [1.54, 1.807) is 18.2 Å². The number of hydrogen-bond donors (Lipinski definition) is 0. The summed E-state index contributed by atoms with van der Waals surface area (Å²) in [6, 6.07) is 12.7. The Balaban J connectivity index is 1.87. The Morgan fingerprint density at radius 1 is 1.21 bits per heavy atom. The summed E-state index contributed by atoms with van der Waals surface area (Å²) in [5, 5.41) is 20.2. The molecular weight excluding hydrogens is 309 g/mol. The van der Waals surface area contributed by atoms with E-state index in [0.29, 0.717) is 30.8 Å². The molecule has 120 valence electrons. The first-order valence-electron chi connectivity index (χ1n) is 7.47. The molecule has 1 heterocycles. The Kier molecular flexibility index (Phi) is 4.25. The zero-order valence-electron chi connectivity index (χ0n) is 12.8. The molecule has 0 bridgehead atoms. The van der Waals surface area contributed by atoms with E-state index in [2.05, 4.69) is 0 Å². The van der Waals surface area contributed by atoms with Gasteiger partial charge in [-0.25, -0.2) is 4.39 Å². The zero-order chi connectivity index (χ0) is 17.1. The maximum atomic E-state index is 13.0. The Labute approximate surface area is 138 Å². The van der Waals surface area contributed by atoms with Gasteiger partial charge in [-0.3, -0.25) is 10.1 Å². The van der Waals surface area contributed by atoms with E-state index in [-0.39, 0.29) is 11.5 Å². The summed E-state index contributed by atoms with van der Waals surface area (Å²) in [7, 11) is 0. The topological polar surface area (TPSA) is 70.2 Å². The molecule has 0 spiro atoms. The number of nitrogens with zero attached hydrogens (tertiary/aromatic N) is 3. The maximum absolute atomic E-state index is 13.0. The summed E-state index contributed by atoms with van der Waals surface area (Å²) < 4.78 is 13.0. The Hall–Kier alpha value is -3.20. The van der Waals surface area contributed by atoms with Crippen molar-refractivity contribution in [3.63, 3.8) is 0 Å². The van der Waals surface area contributed by atoms with Crippen LogP contribution in [0.3, 0.4) is 0 Å². The molecule has 0 aromatic heterocycles. The van der Waals surface area contributed by atoms with Gasteiger partial charge in [-0.15, -0.1) is 0 Å². The van der Waals surface area contributed by atoms with Gasteiger partial charge in [-0.05, 0) is 41.8 Å². The highest BCUT2D eigenvalue weighted by Gasteiger charge is 2.22. The number of halogens is 1. The maximum Gasteiger partial charge on any atom is 0.292 e. The van der Waals surface area contributed by atoms with Crippen LogP contribution in [0.25, 0.3) is 5.57 Å². The quantitative estimate of drug-likeness (QED) is 0.634. The van der Waals surface area contributed by atoms with Crippen molar-refractivity contribution in [1.29, 1.82) is 5.26 Å². The number of benzene rings is 2. The number of nitriles is 1. The van der Waals surface area contributed by atoms with Gasteiger partial charge in [-0.1, -0.05) is 18.2 Å². The van der Waals surface area contributed by atoms with Gasteiger partial charge in [0, 0.05) is 19.2 Å². The minimum atomic E-state index is -0.435. The molecule has 0 radical (unpaired) electrons. The van der Waals surface area contributed by atoms with Crippen molar-refractivity contribution in [1.82, 2.24) is 0 Å². The molecule has 0 unspecified atom stereocenters. The average molecular weight is 323 g/mol. The van der Waals surface area contributed by atoms with Crippen molar-refractivity contribution in [3.8, 4) is 6.07 Å². The van der Waals surface area contributed by atoms with Gasteiger partial charge in [-0.2, -0.15) is 5.26 Å². The third-order valence-electron chi connectivity index (χ3n) is 4.07. The fraction of sp³-hybridized carbons (Fsp3) is 0.167. The number of anilines is 1. The van der Waals surface area contributed by atoms with Crippen LogP contribution < -0.4 is 4.90 Å². The molecule has 1 aliphatic rings. The van der Waals surface area contributed by atoms with Crippen molar-refractivity contribution in [3.05, 3.63) is 75.6 Å². The molecule has 0 saturated carbocycles. The van der Waals surface area contributed by atoms with Crippen molar-refractivity contribution in [2.45, 2.75) is 6.42 Å². The summed E-state index contributed by atoms with van der Waals surface area (Å²) in [5.41, 5.74) is 2.88. The van der Waals surface area contributed by atoms with Gasteiger partial charge in [0.05, 0.1) is 16.6 Å². The summed E-state index contributed by atoms with van der Waals surface area (Å²) in [6.07, 6.45) is 2.68. The highest BCUT2D eigenvalue weighted by Crippen LogP contribution is 2.32. The van der Waals surface area contributed by atoms with Crippen molar-refractivity contribution in [2.75, 3.05) is 18.0 Å². The number of hydrogen-bond acceptors (Lipinski definition) is 4. The van der Waals surface area contributed by atoms with E-state index in [1.807, 2.05) is 17.0 Å². The van der Waals surface area contributed by atoms with Crippen molar-refractivity contribution >= 4 is 16.9 Å². The van der Waals surface area contributed by atoms with E-state index in [9.17, 15) is 14.5 Å². The van der Waals surface area contributed by atoms with Crippen LogP contribution >= 0.6 is 0 Å². The van der Waals surface area contributed by atoms with E-state index >= 15 is 0 Å². The SMILES string of the molecule is N#Cc1ccc([N+](=O)[O-])c(N2CC=C(c3ccc(F)cc3)CC2)c1. The minimum absolute atomic E-state index is 0.00682. The molecule has 0 amide bonds. The predicted molar refractivity (Wildman–Crippen MR) is 89.0 cm³/mol. The third kappa shape index (κ3) is 3.10.